The smallest absolute Gasteiger partial charge is 0.356 e. The number of nitrogens with one attached hydrogen (secondary N) is 1. The molecule has 0 aromatic carbocycles. The molecule has 1 heterocycles. The van der Waals surface area contributed by atoms with Gasteiger partial charge in [0.2, 0.25) is 0 Å². The highest BCUT2D eigenvalue weighted by atomic mass is 16.5. The van der Waals surface area contributed by atoms with Crippen LogP contribution in [0.2, 0.25) is 0 Å². The summed E-state index contributed by atoms with van der Waals surface area (Å²) >= 11 is 0. The fourth-order valence-electron chi connectivity index (χ4n) is 1.39. The standard InChI is InChI=1S/C13H21N3O3/c1-9(2)8-19-7-6-15-12-10(14)4-5-11(16-12)13(17)18-3/h4-5,9H,6-8,14H2,1-3H3,(H,15,16). The number of aromatic nitrogens is 1. The van der Waals surface area contributed by atoms with E-state index in [1.807, 2.05) is 0 Å². The zero-order chi connectivity index (χ0) is 14.3. The fraction of sp³-hybridized carbons (Fsp3) is 0.538. The van der Waals surface area contributed by atoms with E-state index >= 15 is 0 Å². The first kappa shape index (κ1) is 15.2. The Morgan fingerprint density at radius 3 is 2.84 bits per heavy atom. The molecule has 0 fully saturated rings. The first-order valence-electron chi connectivity index (χ1n) is 6.21. The Balaban J connectivity index is 2.50. The van der Waals surface area contributed by atoms with Gasteiger partial charge in [-0.2, -0.15) is 0 Å². The minimum absolute atomic E-state index is 0.224. The largest absolute Gasteiger partial charge is 0.464 e. The molecule has 1 aromatic heterocycles. The van der Waals surface area contributed by atoms with Crippen molar-refractivity contribution < 1.29 is 14.3 Å². The fourth-order valence-corrected chi connectivity index (χ4v) is 1.39. The Labute approximate surface area is 113 Å². The minimum atomic E-state index is -0.487. The zero-order valence-corrected chi connectivity index (χ0v) is 11.6. The molecule has 19 heavy (non-hydrogen) atoms. The number of hydrogen-bond donors (Lipinski definition) is 2. The third-order valence-electron chi connectivity index (χ3n) is 2.31. The van der Waals surface area contributed by atoms with Gasteiger partial charge >= 0.3 is 5.97 Å². The van der Waals surface area contributed by atoms with Crippen molar-refractivity contribution >= 4 is 17.5 Å². The van der Waals surface area contributed by atoms with E-state index in [1.165, 1.54) is 13.2 Å². The second-order valence-electron chi connectivity index (χ2n) is 4.52. The highest BCUT2D eigenvalue weighted by molar-refractivity contribution is 5.88. The molecule has 0 unspecified atom stereocenters. The van der Waals surface area contributed by atoms with Gasteiger partial charge in [-0.3, -0.25) is 0 Å². The molecule has 0 amide bonds. The van der Waals surface area contributed by atoms with Crippen molar-refractivity contribution in [1.29, 1.82) is 0 Å². The Kier molecular flexibility index (Phi) is 6.08. The van der Waals surface area contributed by atoms with Crippen LogP contribution < -0.4 is 11.1 Å². The molecule has 0 spiro atoms. The number of hydrogen-bond acceptors (Lipinski definition) is 6. The maximum Gasteiger partial charge on any atom is 0.356 e. The number of nitrogens with zero attached hydrogens (tertiary/aromatic N) is 1. The monoisotopic (exact) mass is 267 g/mol. The summed E-state index contributed by atoms with van der Waals surface area (Å²) in [6.07, 6.45) is 0. The quantitative estimate of drug-likeness (QED) is 0.575. The average Bonchev–Trinajstić information content (AvgIpc) is 2.39. The van der Waals surface area contributed by atoms with Gasteiger partial charge in [0, 0.05) is 13.2 Å². The molecule has 106 valence electrons. The molecule has 0 aliphatic carbocycles. The van der Waals surface area contributed by atoms with Crippen molar-refractivity contribution in [2.45, 2.75) is 13.8 Å². The van der Waals surface area contributed by atoms with Crippen LogP contribution in [-0.2, 0) is 9.47 Å². The van der Waals surface area contributed by atoms with Crippen LogP contribution in [0.15, 0.2) is 12.1 Å². The van der Waals surface area contributed by atoms with Gasteiger partial charge in [0.05, 0.1) is 19.4 Å². The Morgan fingerprint density at radius 2 is 2.21 bits per heavy atom. The van der Waals surface area contributed by atoms with Gasteiger partial charge in [0.1, 0.15) is 5.82 Å². The van der Waals surface area contributed by atoms with Crippen LogP contribution in [-0.4, -0.2) is 37.8 Å². The summed E-state index contributed by atoms with van der Waals surface area (Å²) in [4.78, 5) is 15.5. The molecule has 6 heteroatoms. The molecular formula is C13H21N3O3. The summed E-state index contributed by atoms with van der Waals surface area (Å²) in [5.74, 6) is 0.487. The van der Waals surface area contributed by atoms with Crippen molar-refractivity contribution in [2.24, 2.45) is 5.92 Å². The number of carbonyl (C=O) groups excluding carboxylic acids is 1. The van der Waals surface area contributed by atoms with Crippen molar-refractivity contribution in [3.05, 3.63) is 17.8 Å². The molecule has 0 saturated heterocycles. The lowest BCUT2D eigenvalue weighted by molar-refractivity contribution is 0.0594. The second kappa shape index (κ2) is 7.58. The molecule has 3 N–H and O–H groups in total. The number of nitrogen functional groups attached to an aromatic ring is 1. The zero-order valence-electron chi connectivity index (χ0n) is 11.6. The van der Waals surface area contributed by atoms with Crippen LogP contribution >= 0.6 is 0 Å². The minimum Gasteiger partial charge on any atom is -0.464 e. The van der Waals surface area contributed by atoms with Crippen molar-refractivity contribution in [1.82, 2.24) is 4.98 Å². The summed E-state index contributed by atoms with van der Waals surface area (Å²) in [7, 11) is 1.31. The SMILES string of the molecule is COC(=O)c1ccc(N)c(NCCOCC(C)C)n1. The van der Waals surface area contributed by atoms with E-state index in [-0.39, 0.29) is 5.69 Å². The lowest BCUT2D eigenvalue weighted by Crippen LogP contribution is -2.15. The van der Waals surface area contributed by atoms with Crippen LogP contribution in [0.25, 0.3) is 0 Å². The molecule has 0 aliphatic rings. The van der Waals surface area contributed by atoms with E-state index in [0.717, 1.165) is 0 Å². The number of esters is 1. The lowest BCUT2D eigenvalue weighted by atomic mass is 10.2. The first-order valence-corrected chi connectivity index (χ1v) is 6.21. The van der Waals surface area contributed by atoms with Gasteiger partial charge in [-0.05, 0) is 18.1 Å². The average molecular weight is 267 g/mol. The van der Waals surface area contributed by atoms with E-state index in [1.54, 1.807) is 6.07 Å². The van der Waals surface area contributed by atoms with Gasteiger partial charge in [-0.15, -0.1) is 0 Å². The van der Waals surface area contributed by atoms with E-state index < -0.39 is 5.97 Å². The van der Waals surface area contributed by atoms with E-state index in [9.17, 15) is 4.79 Å². The molecular weight excluding hydrogens is 246 g/mol. The van der Waals surface area contributed by atoms with Crippen LogP contribution in [0.4, 0.5) is 11.5 Å². The Bertz CT molecular complexity index is 422. The Hall–Kier alpha value is -1.82. The highest BCUT2D eigenvalue weighted by Crippen LogP contribution is 2.15. The number of rotatable bonds is 7. The summed E-state index contributed by atoms with van der Waals surface area (Å²) < 4.78 is 10.0. The lowest BCUT2D eigenvalue weighted by Gasteiger charge is -2.10. The third kappa shape index (κ3) is 5.13. The van der Waals surface area contributed by atoms with Gasteiger partial charge in [-0.1, -0.05) is 13.8 Å². The first-order chi connectivity index (χ1) is 9.04. The second-order valence-corrected chi connectivity index (χ2v) is 4.52. The molecule has 0 saturated carbocycles. The molecule has 0 radical (unpaired) electrons. The summed E-state index contributed by atoms with van der Waals surface area (Å²) in [6.45, 7) is 6.03. The molecule has 1 rings (SSSR count). The summed E-state index contributed by atoms with van der Waals surface area (Å²) in [6, 6.07) is 3.15. The number of methoxy groups -OCH3 is 1. The van der Waals surface area contributed by atoms with Gasteiger partial charge in [0.25, 0.3) is 0 Å². The molecule has 6 nitrogen and oxygen atoms in total. The number of carbonyl (C=O) groups is 1. The topological polar surface area (TPSA) is 86.5 Å². The van der Waals surface area contributed by atoms with Gasteiger partial charge in [0.15, 0.2) is 5.69 Å². The Morgan fingerprint density at radius 1 is 1.47 bits per heavy atom. The third-order valence-corrected chi connectivity index (χ3v) is 2.31. The number of nitrogens with two attached hydrogens (primary N) is 1. The molecule has 0 bridgehead atoms. The normalized spacial score (nSPS) is 10.5. The number of pyridine rings is 1. The van der Waals surface area contributed by atoms with Crippen LogP contribution in [0.1, 0.15) is 24.3 Å². The van der Waals surface area contributed by atoms with E-state index in [0.29, 0.717) is 37.2 Å². The van der Waals surface area contributed by atoms with Crippen LogP contribution in [0, 0.1) is 5.92 Å². The maximum atomic E-state index is 11.4. The van der Waals surface area contributed by atoms with Crippen molar-refractivity contribution in [3.8, 4) is 0 Å². The summed E-state index contributed by atoms with van der Waals surface area (Å²) in [5.41, 5.74) is 6.48. The van der Waals surface area contributed by atoms with Crippen molar-refractivity contribution in [2.75, 3.05) is 37.9 Å². The number of ether oxygens (including phenoxy) is 2. The van der Waals surface area contributed by atoms with Crippen LogP contribution in [0.5, 0.6) is 0 Å². The van der Waals surface area contributed by atoms with Gasteiger partial charge < -0.3 is 20.5 Å². The van der Waals surface area contributed by atoms with E-state index in [4.69, 9.17) is 10.5 Å². The van der Waals surface area contributed by atoms with Crippen molar-refractivity contribution in [3.63, 3.8) is 0 Å². The molecule has 1 aromatic rings. The van der Waals surface area contributed by atoms with E-state index in [2.05, 4.69) is 28.9 Å². The maximum absolute atomic E-state index is 11.4. The predicted octanol–water partition coefficient (Wildman–Crippen LogP) is 1.53. The highest BCUT2D eigenvalue weighted by Gasteiger charge is 2.09. The summed E-state index contributed by atoms with van der Waals surface area (Å²) in [5, 5.41) is 3.04. The molecule has 0 atom stereocenters. The predicted molar refractivity (Wildman–Crippen MR) is 74.1 cm³/mol. The van der Waals surface area contributed by atoms with Crippen LogP contribution in [0.3, 0.4) is 0 Å². The van der Waals surface area contributed by atoms with Gasteiger partial charge in [-0.25, -0.2) is 9.78 Å². The number of anilines is 2. The molecule has 0 aliphatic heterocycles.